The Morgan fingerprint density at radius 3 is 2.35 bits per heavy atom. The molecule has 0 atom stereocenters. The second-order valence-electron chi connectivity index (χ2n) is 5.16. The van der Waals surface area contributed by atoms with E-state index in [2.05, 4.69) is 0 Å². The van der Waals surface area contributed by atoms with E-state index >= 15 is 0 Å². The van der Waals surface area contributed by atoms with Crippen LogP contribution in [0.5, 0.6) is 0 Å². The van der Waals surface area contributed by atoms with E-state index in [-0.39, 0.29) is 16.4 Å². The maximum atomic E-state index is 11.5. The van der Waals surface area contributed by atoms with Crippen molar-refractivity contribution in [2.24, 2.45) is 0 Å². The van der Waals surface area contributed by atoms with Crippen LogP contribution in [0.2, 0.25) is 0 Å². The molecule has 0 unspecified atom stereocenters. The molecule has 0 aliphatic heterocycles. The average Bonchev–Trinajstić information content (AvgIpc) is 2.63. The monoisotopic (exact) mass is 292 g/mol. The molecule has 5 heteroatoms. The summed E-state index contributed by atoms with van der Waals surface area (Å²) in [6.45, 7) is 5.79. The molecule has 0 amide bonds. The van der Waals surface area contributed by atoms with Crippen LogP contribution in [0.1, 0.15) is 41.3 Å². The van der Waals surface area contributed by atoms with E-state index in [0.29, 0.717) is 23.0 Å². The Bertz CT molecular complexity index is 745. The molecular weight excluding hydrogens is 276 g/mol. The SMILES string of the molecule is Cc1ccc(C(C)C)cc2c(C=O)cc(S(=O)(=O)O)c1-2. The minimum atomic E-state index is -4.36. The summed E-state index contributed by atoms with van der Waals surface area (Å²) in [4.78, 5) is 11.0. The van der Waals surface area contributed by atoms with Crippen molar-refractivity contribution in [2.45, 2.75) is 31.6 Å². The van der Waals surface area contributed by atoms with Gasteiger partial charge in [-0.05, 0) is 35.6 Å². The van der Waals surface area contributed by atoms with Gasteiger partial charge in [0, 0.05) is 11.1 Å². The molecular formula is C15H16O4S. The summed E-state index contributed by atoms with van der Waals surface area (Å²) >= 11 is 0. The fraction of sp³-hybridized carbons (Fsp3) is 0.267. The summed E-state index contributed by atoms with van der Waals surface area (Å²) in [5.41, 5.74) is 2.93. The van der Waals surface area contributed by atoms with Crippen LogP contribution in [-0.4, -0.2) is 19.3 Å². The predicted octanol–water partition coefficient (Wildman–Crippen LogP) is 3.28. The fourth-order valence-corrected chi connectivity index (χ4v) is 3.11. The number of hydrogen-bond donors (Lipinski definition) is 1. The smallest absolute Gasteiger partial charge is 0.295 e. The van der Waals surface area contributed by atoms with Crippen LogP contribution in [0.3, 0.4) is 0 Å². The third-order valence-corrected chi connectivity index (χ3v) is 4.29. The minimum absolute atomic E-state index is 0.210. The van der Waals surface area contributed by atoms with E-state index in [4.69, 9.17) is 0 Å². The maximum absolute atomic E-state index is 11.5. The van der Waals surface area contributed by atoms with Crippen molar-refractivity contribution >= 4 is 16.4 Å². The second kappa shape index (κ2) is 5.00. The van der Waals surface area contributed by atoms with Crippen molar-refractivity contribution in [1.82, 2.24) is 0 Å². The maximum Gasteiger partial charge on any atom is 0.295 e. The first-order valence-corrected chi connectivity index (χ1v) is 7.69. The van der Waals surface area contributed by atoms with Crippen LogP contribution in [0.15, 0.2) is 29.2 Å². The predicted molar refractivity (Wildman–Crippen MR) is 77.1 cm³/mol. The van der Waals surface area contributed by atoms with Crippen LogP contribution in [0.25, 0.3) is 11.1 Å². The summed E-state index contributed by atoms with van der Waals surface area (Å²) in [6, 6.07) is 6.75. The molecule has 2 aliphatic carbocycles. The van der Waals surface area contributed by atoms with E-state index in [1.54, 1.807) is 13.0 Å². The Hall–Kier alpha value is -1.72. The number of aryl methyl sites for hydroxylation is 1. The molecule has 106 valence electrons. The fourth-order valence-electron chi connectivity index (χ4n) is 2.31. The summed E-state index contributed by atoms with van der Waals surface area (Å²) in [6.07, 6.45) is 0.612. The molecule has 0 radical (unpaired) electrons. The Kier molecular flexibility index (Phi) is 3.67. The van der Waals surface area contributed by atoms with E-state index in [1.165, 1.54) is 6.07 Å². The van der Waals surface area contributed by atoms with Gasteiger partial charge in [-0.2, -0.15) is 8.42 Å². The molecule has 0 heterocycles. The zero-order chi connectivity index (χ0) is 15.1. The van der Waals surface area contributed by atoms with Gasteiger partial charge in [-0.25, -0.2) is 0 Å². The van der Waals surface area contributed by atoms with Crippen molar-refractivity contribution in [3.05, 3.63) is 41.0 Å². The first-order chi connectivity index (χ1) is 9.25. The zero-order valence-corrected chi connectivity index (χ0v) is 12.4. The number of hydrogen-bond acceptors (Lipinski definition) is 3. The molecule has 0 aromatic carbocycles. The van der Waals surface area contributed by atoms with Gasteiger partial charge in [-0.15, -0.1) is 0 Å². The highest BCUT2D eigenvalue weighted by Gasteiger charge is 2.25. The third-order valence-electron chi connectivity index (χ3n) is 3.42. The molecule has 0 aromatic heterocycles. The Labute approximate surface area is 118 Å². The van der Waals surface area contributed by atoms with Crippen molar-refractivity contribution in [3.63, 3.8) is 0 Å². The first-order valence-electron chi connectivity index (χ1n) is 6.25. The molecule has 0 fully saturated rings. The second-order valence-corrected chi connectivity index (χ2v) is 6.55. The Morgan fingerprint density at radius 2 is 1.85 bits per heavy atom. The van der Waals surface area contributed by atoms with Crippen LogP contribution in [-0.2, 0) is 10.1 Å². The summed E-state index contributed by atoms with van der Waals surface area (Å²) in [5.74, 6) is 0.244. The number of rotatable bonds is 3. The first kappa shape index (κ1) is 14.7. The molecule has 0 aromatic rings. The van der Waals surface area contributed by atoms with Gasteiger partial charge in [0.2, 0.25) is 0 Å². The summed E-state index contributed by atoms with van der Waals surface area (Å²) < 4.78 is 32.3. The highest BCUT2D eigenvalue weighted by atomic mass is 32.2. The summed E-state index contributed by atoms with van der Waals surface area (Å²) in [5, 5.41) is 0. The van der Waals surface area contributed by atoms with Crippen LogP contribution in [0.4, 0.5) is 0 Å². The van der Waals surface area contributed by atoms with E-state index in [9.17, 15) is 17.8 Å². The van der Waals surface area contributed by atoms with Gasteiger partial charge in [0.1, 0.15) is 4.90 Å². The number of carbonyl (C=O) groups is 1. The lowest BCUT2D eigenvalue weighted by Gasteiger charge is -2.04. The van der Waals surface area contributed by atoms with Crippen molar-refractivity contribution in [2.75, 3.05) is 0 Å². The van der Waals surface area contributed by atoms with Crippen molar-refractivity contribution in [1.29, 1.82) is 0 Å². The Morgan fingerprint density at radius 1 is 1.20 bits per heavy atom. The average molecular weight is 292 g/mol. The zero-order valence-electron chi connectivity index (χ0n) is 11.5. The molecule has 4 nitrogen and oxygen atoms in total. The molecule has 2 aliphatic rings. The lowest BCUT2D eigenvalue weighted by molar-refractivity contribution is 0.112. The van der Waals surface area contributed by atoms with Gasteiger partial charge in [0.25, 0.3) is 10.1 Å². The number of fused-ring (bicyclic) bond motifs is 1. The molecule has 0 saturated heterocycles. The summed E-state index contributed by atoms with van der Waals surface area (Å²) in [7, 11) is -4.36. The van der Waals surface area contributed by atoms with Gasteiger partial charge < -0.3 is 0 Å². The van der Waals surface area contributed by atoms with Gasteiger partial charge in [0.05, 0.1) is 0 Å². The highest BCUT2D eigenvalue weighted by molar-refractivity contribution is 7.86. The van der Waals surface area contributed by atoms with Crippen LogP contribution < -0.4 is 0 Å². The van der Waals surface area contributed by atoms with Crippen molar-refractivity contribution < 1.29 is 17.8 Å². The molecule has 2 rings (SSSR count). The lowest BCUT2D eigenvalue weighted by Crippen LogP contribution is -1.98. The molecule has 0 saturated carbocycles. The minimum Gasteiger partial charge on any atom is -0.298 e. The van der Waals surface area contributed by atoms with E-state index in [1.807, 2.05) is 26.0 Å². The quantitative estimate of drug-likeness (QED) is 0.696. The molecule has 20 heavy (non-hydrogen) atoms. The van der Waals surface area contributed by atoms with Gasteiger partial charge in [-0.1, -0.05) is 32.0 Å². The largest absolute Gasteiger partial charge is 0.298 e. The number of carbonyl (C=O) groups excluding carboxylic acids is 1. The molecule has 0 spiro atoms. The molecule has 1 N–H and O–H groups in total. The number of aldehydes is 1. The van der Waals surface area contributed by atoms with Gasteiger partial charge in [0.15, 0.2) is 6.29 Å². The van der Waals surface area contributed by atoms with E-state index < -0.39 is 10.1 Å². The third kappa shape index (κ3) is 2.46. The standard InChI is InChI=1S/C15H16O4S/c1-9(2)11-5-4-10(3)15-13(6-11)12(8-16)7-14(15)20(17,18)19/h4-9H,1-3H3,(H,17,18,19). The highest BCUT2D eigenvalue weighted by Crippen LogP contribution is 2.37. The lowest BCUT2D eigenvalue weighted by atomic mass is 10.0. The Balaban J connectivity index is 2.92. The van der Waals surface area contributed by atoms with E-state index in [0.717, 1.165) is 5.56 Å². The van der Waals surface area contributed by atoms with Crippen LogP contribution >= 0.6 is 0 Å². The van der Waals surface area contributed by atoms with Crippen molar-refractivity contribution in [3.8, 4) is 11.1 Å². The van der Waals surface area contributed by atoms with Gasteiger partial charge >= 0.3 is 0 Å². The topological polar surface area (TPSA) is 71.4 Å². The van der Waals surface area contributed by atoms with Gasteiger partial charge in [-0.3, -0.25) is 9.35 Å². The molecule has 0 bridgehead atoms. The normalized spacial score (nSPS) is 12.1. The van der Waals surface area contributed by atoms with Crippen LogP contribution in [0, 0.1) is 6.92 Å².